The number of hydrogen-bond donors (Lipinski definition) is 2. The lowest BCUT2D eigenvalue weighted by atomic mass is 9.95. The van der Waals surface area contributed by atoms with Crippen LogP contribution < -0.4 is 9.64 Å². The third-order valence-electron chi connectivity index (χ3n) is 5.11. The summed E-state index contributed by atoms with van der Waals surface area (Å²) in [5.74, 6) is -1.94. The first-order chi connectivity index (χ1) is 15.4. The molecule has 0 radical (unpaired) electrons. The van der Waals surface area contributed by atoms with Crippen LogP contribution in [0.2, 0.25) is 5.02 Å². The van der Waals surface area contributed by atoms with Gasteiger partial charge in [-0.3, -0.25) is 19.5 Å². The molecular formula is C24H19ClN2O5. The van der Waals surface area contributed by atoms with Gasteiger partial charge in [0.25, 0.3) is 11.7 Å². The molecule has 3 aromatic rings. The van der Waals surface area contributed by atoms with Gasteiger partial charge in [0.15, 0.2) is 0 Å². The van der Waals surface area contributed by atoms with Crippen LogP contribution in [0.3, 0.4) is 0 Å². The maximum Gasteiger partial charge on any atom is 0.300 e. The number of aliphatic hydroxyl groups is 1. The van der Waals surface area contributed by atoms with Gasteiger partial charge in [0.05, 0.1) is 28.9 Å². The molecule has 4 rings (SSSR count). The largest absolute Gasteiger partial charge is 0.507 e. The highest BCUT2D eigenvalue weighted by Gasteiger charge is 2.47. The van der Waals surface area contributed by atoms with Gasteiger partial charge in [0.2, 0.25) is 0 Å². The van der Waals surface area contributed by atoms with Gasteiger partial charge in [-0.1, -0.05) is 23.7 Å². The summed E-state index contributed by atoms with van der Waals surface area (Å²) in [5, 5.41) is 21.8. The minimum absolute atomic E-state index is 0.143. The van der Waals surface area contributed by atoms with Gasteiger partial charge in [-0.25, -0.2) is 0 Å². The number of phenolic OH excluding ortho intramolecular Hbond substituents is 1. The summed E-state index contributed by atoms with van der Waals surface area (Å²) in [5.41, 5.74) is 0.678. The Morgan fingerprint density at radius 2 is 1.84 bits per heavy atom. The van der Waals surface area contributed by atoms with Gasteiger partial charge in [-0.05, 0) is 55.0 Å². The number of rotatable bonds is 5. The number of benzene rings is 2. The number of ether oxygens (including phenoxy) is 1. The number of halogens is 1. The van der Waals surface area contributed by atoms with Gasteiger partial charge in [0.1, 0.15) is 17.3 Å². The van der Waals surface area contributed by atoms with Crippen molar-refractivity contribution in [3.63, 3.8) is 0 Å². The fraction of sp³-hybridized carbons (Fsp3) is 0.125. The molecule has 1 saturated heterocycles. The third kappa shape index (κ3) is 3.67. The standard InChI is InChI=1S/C24H19ClN2O5/c1-2-32-15-7-8-17(25)16(13-15)22(29)20-21(14-9-11-26-12-10-14)27(24(31)23(20)30)18-5-3-4-6-19(18)28/h3-13,21,28-29H,2H2,1H3/b22-20+. The number of carbonyl (C=O) groups excluding carboxylic acids is 2. The van der Waals surface area contributed by atoms with Gasteiger partial charge in [-0.15, -0.1) is 0 Å². The zero-order chi connectivity index (χ0) is 22.8. The summed E-state index contributed by atoms with van der Waals surface area (Å²) in [6, 6.07) is 13.2. The van der Waals surface area contributed by atoms with E-state index >= 15 is 0 Å². The molecule has 1 aliphatic heterocycles. The maximum absolute atomic E-state index is 13.1. The minimum atomic E-state index is -1.00. The van der Waals surface area contributed by atoms with Crippen molar-refractivity contribution in [3.05, 3.63) is 88.7 Å². The second-order valence-electron chi connectivity index (χ2n) is 7.01. The highest BCUT2D eigenvalue weighted by Crippen LogP contribution is 2.45. The quantitative estimate of drug-likeness (QED) is 0.338. The SMILES string of the molecule is CCOc1ccc(Cl)c(/C(O)=C2\C(=O)C(=O)N(c3ccccc3O)C2c2ccncc2)c1. The molecule has 1 fully saturated rings. The highest BCUT2D eigenvalue weighted by atomic mass is 35.5. The Balaban J connectivity index is 1.96. The number of hydrogen-bond acceptors (Lipinski definition) is 6. The van der Waals surface area contributed by atoms with E-state index in [1.807, 2.05) is 6.92 Å². The number of para-hydroxylation sites is 2. The first-order valence-corrected chi connectivity index (χ1v) is 10.2. The molecule has 1 amide bonds. The molecule has 1 aromatic heterocycles. The summed E-state index contributed by atoms with van der Waals surface area (Å²) < 4.78 is 5.48. The lowest BCUT2D eigenvalue weighted by Crippen LogP contribution is -2.29. The molecule has 0 spiro atoms. The predicted molar refractivity (Wildman–Crippen MR) is 120 cm³/mol. The van der Waals surface area contributed by atoms with Gasteiger partial charge < -0.3 is 14.9 Å². The molecule has 2 N–H and O–H groups in total. The average molecular weight is 451 g/mol. The van der Waals surface area contributed by atoms with E-state index in [1.165, 1.54) is 35.5 Å². The van der Waals surface area contributed by atoms with Crippen LogP contribution >= 0.6 is 11.6 Å². The summed E-state index contributed by atoms with van der Waals surface area (Å²) >= 11 is 6.32. The van der Waals surface area contributed by atoms with Crippen molar-refractivity contribution >= 4 is 34.7 Å². The number of aromatic hydroxyl groups is 1. The second-order valence-corrected chi connectivity index (χ2v) is 7.42. The zero-order valence-electron chi connectivity index (χ0n) is 17.0. The smallest absolute Gasteiger partial charge is 0.300 e. The topological polar surface area (TPSA) is 100.0 Å². The van der Waals surface area contributed by atoms with Crippen molar-refractivity contribution in [1.82, 2.24) is 4.98 Å². The lowest BCUT2D eigenvalue weighted by molar-refractivity contribution is -0.132. The van der Waals surface area contributed by atoms with Crippen LogP contribution in [-0.4, -0.2) is 33.5 Å². The number of nitrogens with zero attached hydrogens (tertiary/aromatic N) is 2. The number of ketones is 1. The van der Waals surface area contributed by atoms with Crippen LogP contribution in [0.4, 0.5) is 5.69 Å². The number of aliphatic hydroxyl groups excluding tert-OH is 1. The fourth-order valence-electron chi connectivity index (χ4n) is 3.70. The van der Waals surface area contributed by atoms with Crippen molar-refractivity contribution in [2.24, 2.45) is 0 Å². The molecule has 1 aliphatic rings. The number of aromatic nitrogens is 1. The summed E-state index contributed by atoms with van der Waals surface area (Å²) in [7, 11) is 0. The van der Waals surface area contributed by atoms with E-state index in [0.717, 1.165) is 0 Å². The van der Waals surface area contributed by atoms with Gasteiger partial charge in [-0.2, -0.15) is 0 Å². The highest BCUT2D eigenvalue weighted by molar-refractivity contribution is 6.52. The fourth-order valence-corrected chi connectivity index (χ4v) is 3.90. The summed E-state index contributed by atoms with van der Waals surface area (Å²) in [6.45, 7) is 2.21. The van der Waals surface area contributed by atoms with Crippen LogP contribution in [0.5, 0.6) is 11.5 Å². The molecular weight excluding hydrogens is 432 g/mol. The molecule has 7 nitrogen and oxygen atoms in total. The van der Waals surface area contributed by atoms with Crippen molar-refractivity contribution in [1.29, 1.82) is 0 Å². The van der Waals surface area contributed by atoms with Gasteiger partial charge >= 0.3 is 0 Å². The lowest BCUT2D eigenvalue weighted by Gasteiger charge is -2.26. The molecule has 0 saturated carbocycles. The van der Waals surface area contributed by atoms with E-state index in [2.05, 4.69) is 4.98 Å². The van der Waals surface area contributed by atoms with Crippen molar-refractivity contribution < 1.29 is 24.5 Å². The Kier molecular flexibility index (Phi) is 5.83. The van der Waals surface area contributed by atoms with E-state index in [1.54, 1.807) is 36.4 Å². The molecule has 1 atom stereocenters. The van der Waals surface area contributed by atoms with Crippen LogP contribution in [-0.2, 0) is 9.59 Å². The Labute approximate surface area is 189 Å². The monoisotopic (exact) mass is 450 g/mol. The number of carbonyl (C=O) groups is 2. The first kappa shape index (κ1) is 21.4. The average Bonchev–Trinajstić information content (AvgIpc) is 3.06. The molecule has 0 aliphatic carbocycles. The van der Waals surface area contributed by atoms with Crippen LogP contribution in [0.25, 0.3) is 5.76 Å². The van der Waals surface area contributed by atoms with Crippen LogP contribution in [0.1, 0.15) is 24.1 Å². The van der Waals surface area contributed by atoms with E-state index in [4.69, 9.17) is 16.3 Å². The molecule has 8 heteroatoms. The molecule has 2 aromatic carbocycles. The first-order valence-electron chi connectivity index (χ1n) is 9.85. The zero-order valence-corrected chi connectivity index (χ0v) is 17.8. The Morgan fingerprint density at radius 1 is 1.12 bits per heavy atom. The van der Waals surface area contributed by atoms with Crippen molar-refractivity contribution in [2.75, 3.05) is 11.5 Å². The number of pyridine rings is 1. The normalized spacial score (nSPS) is 17.6. The van der Waals surface area contributed by atoms with E-state index in [-0.39, 0.29) is 27.6 Å². The summed E-state index contributed by atoms with van der Waals surface area (Å²) in [4.78, 5) is 31.4. The third-order valence-corrected chi connectivity index (χ3v) is 5.44. The second kappa shape index (κ2) is 8.72. The molecule has 32 heavy (non-hydrogen) atoms. The van der Waals surface area contributed by atoms with Crippen LogP contribution in [0, 0.1) is 0 Å². The van der Waals surface area contributed by atoms with E-state index in [9.17, 15) is 19.8 Å². The minimum Gasteiger partial charge on any atom is -0.507 e. The number of amides is 1. The van der Waals surface area contributed by atoms with E-state index < -0.39 is 23.5 Å². The molecule has 2 heterocycles. The van der Waals surface area contributed by atoms with E-state index in [0.29, 0.717) is 17.9 Å². The Bertz CT molecular complexity index is 1230. The summed E-state index contributed by atoms with van der Waals surface area (Å²) in [6.07, 6.45) is 3.03. The number of anilines is 1. The predicted octanol–water partition coefficient (Wildman–Crippen LogP) is 4.47. The Morgan fingerprint density at radius 3 is 2.53 bits per heavy atom. The maximum atomic E-state index is 13.1. The molecule has 162 valence electrons. The van der Waals surface area contributed by atoms with Crippen molar-refractivity contribution in [2.45, 2.75) is 13.0 Å². The van der Waals surface area contributed by atoms with Crippen LogP contribution in [0.15, 0.2) is 72.6 Å². The van der Waals surface area contributed by atoms with Crippen molar-refractivity contribution in [3.8, 4) is 11.5 Å². The number of Topliss-reactive ketones (excluding diaryl/α,β-unsaturated/α-hetero) is 1. The Hall–Kier alpha value is -3.84. The number of phenols is 1. The molecule has 0 bridgehead atoms. The van der Waals surface area contributed by atoms with Gasteiger partial charge in [0, 0.05) is 18.0 Å². The molecule has 1 unspecified atom stereocenters.